The molecule has 1 N–H and O–H groups in total. The molecule has 0 radical (unpaired) electrons. The van der Waals surface area contributed by atoms with Crippen molar-refractivity contribution in [3.05, 3.63) is 98.7 Å². The third kappa shape index (κ3) is 4.19. The van der Waals surface area contributed by atoms with Crippen LogP contribution >= 0.6 is 0 Å². The molecule has 5 nitrogen and oxygen atoms in total. The molecule has 144 valence electrons. The second kappa shape index (κ2) is 8.65. The van der Waals surface area contributed by atoms with Crippen molar-refractivity contribution in [1.29, 1.82) is 0 Å². The van der Waals surface area contributed by atoms with Crippen LogP contribution in [0.15, 0.2) is 59.5 Å². The number of hydrogen-bond acceptors (Lipinski definition) is 3. The Balaban J connectivity index is 2.19. The van der Waals surface area contributed by atoms with Crippen LogP contribution in [0.3, 0.4) is 0 Å². The highest BCUT2D eigenvalue weighted by Crippen LogP contribution is 2.18. The number of rotatable bonds is 6. The number of nitrogens with one attached hydrogen (secondary N) is 1. The van der Waals surface area contributed by atoms with Gasteiger partial charge in [0.2, 0.25) is 0 Å². The lowest BCUT2D eigenvalue weighted by atomic mass is 9.99. The molecular formula is C23H25N3O2. The molecule has 0 unspecified atom stereocenters. The SMILES string of the molecule is CCNC(=O)c1c(Cc2ccccc2C)n(Cc2ccccn2)c(C)cc1=O. The van der Waals surface area contributed by atoms with Gasteiger partial charge in [-0.2, -0.15) is 0 Å². The van der Waals surface area contributed by atoms with Gasteiger partial charge in [-0.05, 0) is 44.0 Å². The molecule has 0 aliphatic carbocycles. The highest BCUT2D eigenvalue weighted by atomic mass is 16.2. The lowest BCUT2D eigenvalue weighted by molar-refractivity contribution is 0.0953. The summed E-state index contributed by atoms with van der Waals surface area (Å²) in [6, 6.07) is 15.3. The standard InChI is InChI=1S/C23H25N3O2/c1-4-24-23(28)22-20(14-18-10-6-5-9-16(18)2)26(17(3)13-21(22)27)15-19-11-7-8-12-25-19/h5-13H,4,14-15H2,1-3H3,(H,24,28). The van der Waals surface area contributed by atoms with E-state index in [1.807, 2.05) is 67.8 Å². The number of benzene rings is 1. The molecule has 0 aliphatic rings. The molecule has 1 aromatic carbocycles. The van der Waals surface area contributed by atoms with Gasteiger partial charge in [-0.15, -0.1) is 0 Å². The molecule has 0 spiro atoms. The molecule has 28 heavy (non-hydrogen) atoms. The number of aromatic nitrogens is 2. The van der Waals surface area contributed by atoms with Crippen LogP contribution in [0.25, 0.3) is 0 Å². The molecule has 5 heteroatoms. The molecule has 0 saturated carbocycles. The second-order valence-corrected chi connectivity index (χ2v) is 6.84. The van der Waals surface area contributed by atoms with E-state index in [1.165, 1.54) is 6.07 Å². The number of carbonyl (C=O) groups excluding carboxylic acids is 1. The average molecular weight is 375 g/mol. The predicted octanol–water partition coefficient (Wildman–Crippen LogP) is 3.25. The minimum absolute atomic E-state index is 0.214. The van der Waals surface area contributed by atoms with Crippen LogP contribution in [0.1, 0.15) is 45.5 Å². The van der Waals surface area contributed by atoms with Crippen molar-refractivity contribution in [2.45, 2.75) is 33.7 Å². The van der Waals surface area contributed by atoms with Crippen molar-refractivity contribution in [2.24, 2.45) is 0 Å². The molecular weight excluding hydrogens is 350 g/mol. The van der Waals surface area contributed by atoms with Crippen LogP contribution in [0.4, 0.5) is 0 Å². The van der Waals surface area contributed by atoms with Crippen LogP contribution in [0.5, 0.6) is 0 Å². The third-order valence-electron chi connectivity index (χ3n) is 4.86. The van der Waals surface area contributed by atoms with Gasteiger partial charge in [0.25, 0.3) is 5.91 Å². The maximum absolute atomic E-state index is 12.8. The number of hydrogen-bond donors (Lipinski definition) is 1. The largest absolute Gasteiger partial charge is 0.352 e. The second-order valence-electron chi connectivity index (χ2n) is 6.84. The summed E-state index contributed by atoms with van der Waals surface area (Å²) in [6.45, 7) is 6.75. The molecule has 0 aliphatic heterocycles. The van der Waals surface area contributed by atoms with Crippen LogP contribution in [0, 0.1) is 13.8 Å². The molecule has 0 saturated heterocycles. The fraction of sp³-hybridized carbons (Fsp3) is 0.261. The van der Waals surface area contributed by atoms with Gasteiger partial charge >= 0.3 is 0 Å². The monoisotopic (exact) mass is 375 g/mol. The lowest BCUT2D eigenvalue weighted by Gasteiger charge is -2.20. The minimum Gasteiger partial charge on any atom is -0.352 e. The number of pyridine rings is 2. The number of aryl methyl sites for hydroxylation is 2. The molecule has 0 bridgehead atoms. The van der Waals surface area contributed by atoms with Crippen LogP contribution < -0.4 is 10.7 Å². The first kappa shape index (κ1) is 19.5. The van der Waals surface area contributed by atoms with Gasteiger partial charge in [0.05, 0.1) is 12.2 Å². The summed E-state index contributed by atoms with van der Waals surface area (Å²) in [4.78, 5) is 29.9. The number of amides is 1. The Labute approximate surface area is 165 Å². The quantitative estimate of drug-likeness (QED) is 0.719. The normalized spacial score (nSPS) is 10.7. The number of nitrogens with zero attached hydrogens (tertiary/aromatic N) is 2. The van der Waals surface area contributed by atoms with Crippen molar-refractivity contribution in [2.75, 3.05) is 6.54 Å². The van der Waals surface area contributed by atoms with Gasteiger partial charge in [-0.1, -0.05) is 30.3 Å². The summed E-state index contributed by atoms with van der Waals surface area (Å²) in [5.74, 6) is -0.328. The van der Waals surface area contributed by atoms with Gasteiger partial charge in [-0.3, -0.25) is 14.6 Å². The Morgan fingerprint density at radius 3 is 2.54 bits per heavy atom. The van der Waals surface area contributed by atoms with E-state index in [-0.39, 0.29) is 16.9 Å². The highest BCUT2D eigenvalue weighted by Gasteiger charge is 2.21. The summed E-state index contributed by atoms with van der Waals surface area (Å²) in [7, 11) is 0. The van der Waals surface area contributed by atoms with Crippen LogP contribution in [-0.2, 0) is 13.0 Å². The van der Waals surface area contributed by atoms with E-state index in [9.17, 15) is 9.59 Å². The molecule has 2 heterocycles. The lowest BCUT2D eigenvalue weighted by Crippen LogP contribution is -2.33. The van der Waals surface area contributed by atoms with Crippen molar-refractivity contribution in [3.8, 4) is 0 Å². The first-order valence-corrected chi connectivity index (χ1v) is 9.47. The van der Waals surface area contributed by atoms with Crippen molar-refractivity contribution in [3.63, 3.8) is 0 Å². The Kier molecular flexibility index (Phi) is 6.04. The fourth-order valence-corrected chi connectivity index (χ4v) is 3.37. The molecule has 1 amide bonds. The van der Waals surface area contributed by atoms with Crippen molar-refractivity contribution < 1.29 is 4.79 Å². The smallest absolute Gasteiger partial charge is 0.257 e. The van der Waals surface area contributed by atoms with E-state index in [2.05, 4.69) is 10.3 Å². The predicted molar refractivity (Wildman–Crippen MR) is 111 cm³/mol. The summed E-state index contributed by atoms with van der Waals surface area (Å²) in [6.07, 6.45) is 2.25. The van der Waals surface area contributed by atoms with E-state index in [0.29, 0.717) is 19.5 Å². The third-order valence-corrected chi connectivity index (χ3v) is 4.86. The zero-order valence-corrected chi connectivity index (χ0v) is 16.5. The maximum Gasteiger partial charge on any atom is 0.257 e. The number of carbonyl (C=O) groups is 1. The van der Waals surface area contributed by atoms with Gasteiger partial charge in [-0.25, -0.2) is 0 Å². The summed E-state index contributed by atoms with van der Waals surface area (Å²) in [5.41, 5.74) is 4.59. The zero-order chi connectivity index (χ0) is 20.1. The van der Waals surface area contributed by atoms with Crippen molar-refractivity contribution in [1.82, 2.24) is 14.9 Å². The van der Waals surface area contributed by atoms with Crippen molar-refractivity contribution >= 4 is 5.91 Å². The van der Waals surface area contributed by atoms with E-state index in [4.69, 9.17) is 0 Å². The Bertz CT molecular complexity index is 1040. The van der Waals surface area contributed by atoms with Gasteiger partial charge in [0, 0.05) is 36.6 Å². The molecule has 0 atom stereocenters. The fourth-order valence-electron chi connectivity index (χ4n) is 3.37. The molecule has 3 aromatic rings. The Hall–Kier alpha value is -3.21. The Morgan fingerprint density at radius 1 is 1.11 bits per heavy atom. The van der Waals surface area contributed by atoms with Gasteiger partial charge < -0.3 is 9.88 Å². The maximum atomic E-state index is 12.8. The van der Waals surface area contributed by atoms with E-state index < -0.39 is 0 Å². The topological polar surface area (TPSA) is 64.0 Å². The highest BCUT2D eigenvalue weighted by molar-refractivity contribution is 5.95. The van der Waals surface area contributed by atoms with Crippen LogP contribution in [0.2, 0.25) is 0 Å². The summed E-state index contributed by atoms with van der Waals surface area (Å²) < 4.78 is 2.03. The van der Waals surface area contributed by atoms with Gasteiger partial charge in [0.1, 0.15) is 5.56 Å². The summed E-state index contributed by atoms with van der Waals surface area (Å²) >= 11 is 0. The molecule has 3 rings (SSSR count). The molecule has 2 aromatic heterocycles. The first-order chi connectivity index (χ1) is 13.5. The Morgan fingerprint density at radius 2 is 1.86 bits per heavy atom. The minimum atomic E-state index is -0.328. The first-order valence-electron chi connectivity index (χ1n) is 9.47. The molecule has 0 fully saturated rings. The van der Waals surface area contributed by atoms with E-state index >= 15 is 0 Å². The van der Waals surface area contributed by atoms with Gasteiger partial charge in [0.15, 0.2) is 5.43 Å². The van der Waals surface area contributed by atoms with E-state index in [1.54, 1.807) is 6.20 Å². The van der Waals surface area contributed by atoms with E-state index in [0.717, 1.165) is 28.2 Å². The van der Waals surface area contributed by atoms with Crippen LogP contribution in [-0.4, -0.2) is 22.0 Å². The average Bonchev–Trinajstić information content (AvgIpc) is 2.67. The zero-order valence-electron chi connectivity index (χ0n) is 16.5. The summed E-state index contributed by atoms with van der Waals surface area (Å²) in [5, 5.41) is 2.79.